The molecule has 1 aliphatic heterocycles. The lowest BCUT2D eigenvalue weighted by Gasteiger charge is -2.39. The van der Waals surface area contributed by atoms with Crippen LogP contribution in [0.3, 0.4) is 0 Å². The fourth-order valence-electron chi connectivity index (χ4n) is 3.34. The SMILES string of the molecule is CCN(C[C@H]1CN([C@@H]2C=CCCC2)CCO1)c1cccnn1. The van der Waals surface area contributed by atoms with Gasteiger partial charge in [0.05, 0.1) is 12.7 Å². The monoisotopic (exact) mass is 302 g/mol. The van der Waals surface area contributed by atoms with Crippen LogP contribution in [0.2, 0.25) is 0 Å². The Balaban J connectivity index is 1.59. The molecule has 0 radical (unpaired) electrons. The quantitative estimate of drug-likeness (QED) is 0.779. The Morgan fingerprint density at radius 2 is 2.41 bits per heavy atom. The lowest BCUT2D eigenvalue weighted by atomic mass is 10.0. The fourth-order valence-corrected chi connectivity index (χ4v) is 3.34. The number of nitrogens with zero attached hydrogens (tertiary/aromatic N) is 4. The third-order valence-electron chi connectivity index (χ3n) is 4.56. The van der Waals surface area contributed by atoms with E-state index in [0.29, 0.717) is 6.04 Å². The molecule has 120 valence electrons. The molecule has 1 fully saturated rings. The highest BCUT2D eigenvalue weighted by Crippen LogP contribution is 2.20. The Kier molecular flexibility index (Phi) is 5.40. The molecule has 1 aromatic heterocycles. The van der Waals surface area contributed by atoms with E-state index in [1.165, 1.54) is 19.3 Å². The molecule has 1 aromatic rings. The van der Waals surface area contributed by atoms with Gasteiger partial charge >= 0.3 is 0 Å². The summed E-state index contributed by atoms with van der Waals surface area (Å²) in [5.41, 5.74) is 0. The predicted molar refractivity (Wildman–Crippen MR) is 88.0 cm³/mol. The van der Waals surface area contributed by atoms with Crippen LogP contribution in [0.4, 0.5) is 5.82 Å². The van der Waals surface area contributed by atoms with Gasteiger partial charge in [-0.25, -0.2) is 0 Å². The number of hydrogen-bond acceptors (Lipinski definition) is 5. The molecule has 1 aliphatic carbocycles. The minimum atomic E-state index is 0.242. The maximum absolute atomic E-state index is 6.00. The Labute approximate surface area is 133 Å². The minimum absolute atomic E-state index is 0.242. The number of anilines is 1. The van der Waals surface area contributed by atoms with E-state index in [1.54, 1.807) is 6.20 Å². The maximum atomic E-state index is 6.00. The summed E-state index contributed by atoms with van der Waals surface area (Å²) in [6.45, 7) is 6.82. The lowest BCUT2D eigenvalue weighted by Crippen LogP contribution is -2.51. The number of allylic oxidation sites excluding steroid dienone is 1. The van der Waals surface area contributed by atoms with Gasteiger partial charge < -0.3 is 9.64 Å². The van der Waals surface area contributed by atoms with Gasteiger partial charge in [0.15, 0.2) is 5.82 Å². The van der Waals surface area contributed by atoms with Crippen molar-refractivity contribution in [2.75, 3.05) is 37.7 Å². The third-order valence-corrected chi connectivity index (χ3v) is 4.56. The summed E-state index contributed by atoms with van der Waals surface area (Å²) in [4.78, 5) is 4.83. The van der Waals surface area contributed by atoms with Crippen molar-refractivity contribution in [2.45, 2.75) is 38.3 Å². The zero-order valence-corrected chi connectivity index (χ0v) is 13.4. The summed E-state index contributed by atoms with van der Waals surface area (Å²) in [6.07, 6.45) is 10.5. The summed E-state index contributed by atoms with van der Waals surface area (Å²) in [7, 11) is 0. The Morgan fingerprint density at radius 1 is 1.45 bits per heavy atom. The van der Waals surface area contributed by atoms with Crippen LogP contribution in [0.1, 0.15) is 26.2 Å². The maximum Gasteiger partial charge on any atom is 0.151 e. The number of rotatable bonds is 5. The first-order chi connectivity index (χ1) is 10.9. The van der Waals surface area contributed by atoms with Crippen LogP contribution in [0.5, 0.6) is 0 Å². The van der Waals surface area contributed by atoms with Gasteiger partial charge in [0.25, 0.3) is 0 Å². The van der Waals surface area contributed by atoms with Crippen molar-refractivity contribution in [1.29, 1.82) is 0 Å². The molecule has 3 rings (SSSR count). The number of morpholine rings is 1. The Hall–Kier alpha value is -1.46. The van der Waals surface area contributed by atoms with Gasteiger partial charge in [-0.1, -0.05) is 12.2 Å². The van der Waals surface area contributed by atoms with Gasteiger partial charge in [-0.15, -0.1) is 5.10 Å². The van der Waals surface area contributed by atoms with E-state index in [0.717, 1.165) is 38.6 Å². The molecule has 22 heavy (non-hydrogen) atoms. The van der Waals surface area contributed by atoms with Crippen molar-refractivity contribution in [3.8, 4) is 0 Å². The summed E-state index contributed by atoms with van der Waals surface area (Å²) < 4.78 is 6.00. The smallest absolute Gasteiger partial charge is 0.151 e. The molecular formula is C17H26N4O. The molecule has 0 N–H and O–H groups in total. The molecule has 1 saturated heterocycles. The highest BCUT2D eigenvalue weighted by Gasteiger charge is 2.27. The second kappa shape index (κ2) is 7.70. The van der Waals surface area contributed by atoms with Crippen LogP contribution in [0.25, 0.3) is 0 Å². The van der Waals surface area contributed by atoms with Crippen molar-refractivity contribution in [2.24, 2.45) is 0 Å². The number of likely N-dealkylation sites (N-methyl/N-ethyl adjacent to an activating group) is 1. The molecule has 2 atom stereocenters. The molecule has 0 saturated carbocycles. The van der Waals surface area contributed by atoms with Crippen LogP contribution >= 0.6 is 0 Å². The lowest BCUT2D eigenvalue weighted by molar-refractivity contribution is -0.0343. The number of ether oxygens (including phenoxy) is 1. The second-order valence-corrected chi connectivity index (χ2v) is 6.03. The van der Waals surface area contributed by atoms with E-state index in [9.17, 15) is 0 Å². The molecule has 0 aromatic carbocycles. The largest absolute Gasteiger partial charge is 0.374 e. The molecule has 5 heteroatoms. The fraction of sp³-hybridized carbons (Fsp3) is 0.647. The zero-order valence-electron chi connectivity index (χ0n) is 13.4. The zero-order chi connectivity index (χ0) is 15.2. The Morgan fingerprint density at radius 3 is 3.14 bits per heavy atom. The van der Waals surface area contributed by atoms with Gasteiger partial charge in [0, 0.05) is 38.4 Å². The van der Waals surface area contributed by atoms with E-state index in [-0.39, 0.29) is 6.10 Å². The van der Waals surface area contributed by atoms with Crippen molar-refractivity contribution in [3.05, 3.63) is 30.5 Å². The van der Waals surface area contributed by atoms with Gasteiger partial charge in [-0.2, -0.15) is 5.10 Å². The minimum Gasteiger partial charge on any atom is -0.374 e. The summed E-state index contributed by atoms with van der Waals surface area (Å²) >= 11 is 0. The highest BCUT2D eigenvalue weighted by molar-refractivity contribution is 5.36. The predicted octanol–water partition coefficient (Wildman–Crippen LogP) is 2.11. The average Bonchev–Trinajstić information content (AvgIpc) is 2.61. The van der Waals surface area contributed by atoms with E-state index in [2.05, 4.69) is 39.1 Å². The van der Waals surface area contributed by atoms with Crippen LogP contribution in [0, 0.1) is 0 Å². The van der Waals surface area contributed by atoms with Crippen LogP contribution in [-0.4, -0.2) is 60.0 Å². The first-order valence-corrected chi connectivity index (χ1v) is 8.42. The second-order valence-electron chi connectivity index (χ2n) is 6.03. The standard InChI is InChI=1S/C17H26N4O/c1-2-20(17-9-6-10-18-19-17)13-16-14-21(11-12-22-16)15-7-4-3-5-8-15/h4,6-7,9-10,15-16H,2-3,5,8,11-14H2,1H3/t15-,16+/m1/s1. The van der Waals surface area contributed by atoms with Gasteiger partial charge in [0.1, 0.15) is 0 Å². The van der Waals surface area contributed by atoms with E-state index in [4.69, 9.17) is 4.74 Å². The van der Waals surface area contributed by atoms with Gasteiger partial charge in [-0.05, 0) is 38.3 Å². The molecule has 0 spiro atoms. The van der Waals surface area contributed by atoms with Crippen molar-refractivity contribution < 1.29 is 4.74 Å². The van der Waals surface area contributed by atoms with Crippen LogP contribution < -0.4 is 4.90 Å². The molecule has 0 unspecified atom stereocenters. The topological polar surface area (TPSA) is 41.5 Å². The molecular weight excluding hydrogens is 276 g/mol. The summed E-state index contributed by atoms with van der Waals surface area (Å²) in [5.74, 6) is 0.934. The normalized spacial score (nSPS) is 26.0. The van der Waals surface area contributed by atoms with Crippen molar-refractivity contribution in [3.63, 3.8) is 0 Å². The van der Waals surface area contributed by atoms with E-state index < -0.39 is 0 Å². The number of hydrogen-bond donors (Lipinski definition) is 0. The molecule has 0 amide bonds. The van der Waals surface area contributed by atoms with Crippen LogP contribution in [0.15, 0.2) is 30.5 Å². The third kappa shape index (κ3) is 3.84. The van der Waals surface area contributed by atoms with E-state index >= 15 is 0 Å². The summed E-state index contributed by atoms with van der Waals surface area (Å²) in [5, 5.41) is 8.20. The van der Waals surface area contributed by atoms with Crippen molar-refractivity contribution >= 4 is 5.82 Å². The molecule has 5 nitrogen and oxygen atoms in total. The summed E-state index contributed by atoms with van der Waals surface area (Å²) in [6, 6.07) is 4.55. The first-order valence-electron chi connectivity index (χ1n) is 8.42. The van der Waals surface area contributed by atoms with Crippen molar-refractivity contribution in [1.82, 2.24) is 15.1 Å². The first kappa shape index (κ1) is 15.4. The number of aromatic nitrogens is 2. The molecule has 0 bridgehead atoms. The van der Waals surface area contributed by atoms with Gasteiger partial charge in [-0.3, -0.25) is 4.90 Å². The molecule has 2 aliphatic rings. The average molecular weight is 302 g/mol. The highest BCUT2D eigenvalue weighted by atomic mass is 16.5. The van der Waals surface area contributed by atoms with E-state index in [1.807, 2.05) is 12.1 Å². The molecule has 2 heterocycles. The Bertz CT molecular complexity index is 479. The van der Waals surface area contributed by atoms with Gasteiger partial charge in [0.2, 0.25) is 0 Å². The van der Waals surface area contributed by atoms with Crippen LogP contribution in [-0.2, 0) is 4.74 Å².